The SMILES string of the molecule is CC(C)Oc1cccc(NCC(C)(O)CO)c1[N+](=O)[O-]. The van der Waals surface area contributed by atoms with Gasteiger partial charge in [-0.3, -0.25) is 10.1 Å². The Balaban J connectivity index is 3.04. The maximum absolute atomic E-state index is 11.2. The van der Waals surface area contributed by atoms with Gasteiger partial charge in [-0.15, -0.1) is 0 Å². The van der Waals surface area contributed by atoms with Crippen LogP contribution in [0, 0.1) is 10.1 Å². The van der Waals surface area contributed by atoms with Crippen LogP contribution in [0.1, 0.15) is 20.8 Å². The average molecular weight is 284 g/mol. The van der Waals surface area contributed by atoms with Crippen LogP contribution in [-0.4, -0.2) is 40.0 Å². The van der Waals surface area contributed by atoms with E-state index in [0.717, 1.165) is 0 Å². The lowest BCUT2D eigenvalue weighted by atomic mass is 10.1. The number of ether oxygens (including phenoxy) is 1. The highest BCUT2D eigenvalue weighted by atomic mass is 16.6. The quantitative estimate of drug-likeness (QED) is 0.518. The number of nitro groups is 1. The molecule has 7 heteroatoms. The third kappa shape index (κ3) is 4.36. The molecule has 1 aromatic rings. The lowest BCUT2D eigenvalue weighted by molar-refractivity contribution is -0.385. The van der Waals surface area contributed by atoms with Crippen molar-refractivity contribution in [3.05, 3.63) is 28.3 Å². The minimum absolute atomic E-state index is 0.0184. The number of nitrogens with one attached hydrogen (secondary N) is 1. The molecule has 7 nitrogen and oxygen atoms in total. The molecule has 0 spiro atoms. The van der Waals surface area contributed by atoms with Crippen LogP contribution in [0.2, 0.25) is 0 Å². The second-order valence-corrected chi connectivity index (χ2v) is 5.08. The highest BCUT2D eigenvalue weighted by Gasteiger charge is 2.24. The Kier molecular flexibility index (Phi) is 5.29. The number of benzene rings is 1. The lowest BCUT2D eigenvalue weighted by Gasteiger charge is -2.21. The molecule has 1 atom stereocenters. The third-order valence-corrected chi connectivity index (χ3v) is 2.54. The van der Waals surface area contributed by atoms with Gasteiger partial charge in [0.25, 0.3) is 0 Å². The van der Waals surface area contributed by atoms with Crippen LogP contribution in [0.5, 0.6) is 5.75 Å². The van der Waals surface area contributed by atoms with Gasteiger partial charge in [-0.25, -0.2) is 0 Å². The van der Waals surface area contributed by atoms with Gasteiger partial charge in [0.1, 0.15) is 11.3 Å². The number of hydrogen-bond acceptors (Lipinski definition) is 6. The number of aliphatic hydroxyl groups is 2. The zero-order valence-electron chi connectivity index (χ0n) is 11.8. The van der Waals surface area contributed by atoms with Crippen molar-refractivity contribution in [2.75, 3.05) is 18.5 Å². The highest BCUT2D eigenvalue weighted by molar-refractivity contribution is 5.68. The van der Waals surface area contributed by atoms with Gasteiger partial charge in [0.05, 0.1) is 17.6 Å². The number of para-hydroxylation sites is 1. The van der Waals surface area contributed by atoms with Crippen molar-refractivity contribution in [2.45, 2.75) is 32.5 Å². The topological polar surface area (TPSA) is 105 Å². The second-order valence-electron chi connectivity index (χ2n) is 5.08. The molecule has 1 rings (SSSR count). The summed E-state index contributed by atoms with van der Waals surface area (Å²) in [7, 11) is 0. The van der Waals surface area contributed by atoms with Crippen LogP contribution in [0.25, 0.3) is 0 Å². The predicted molar refractivity (Wildman–Crippen MR) is 75.1 cm³/mol. The summed E-state index contributed by atoms with van der Waals surface area (Å²) in [6.45, 7) is 4.52. The van der Waals surface area contributed by atoms with Crippen LogP contribution in [0.15, 0.2) is 18.2 Å². The summed E-state index contributed by atoms with van der Waals surface area (Å²) < 4.78 is 5.41. The van der Waals surface area contributed by atoms with E-state index in [1.54, 1.807) is 19.9 Å². The van der Waals surface area contributed by atoms with Gasteiger partial charge in [-0.05, 0) is 32.9 Å². The molecule has 0 aliphatic carbocycles. The standard InChI is InChI=1S/C13H20N2O5/c1-9(2)20-11-6-4-5-10(12(11)15(18)19)14-7-13(3,17)8-16/h4-6,9,14,16-17H,7-8H2,1-3H3. The zero-order valence-corrected chi connectivity index (χ0v) is 11.8. The number of nitrogens with zero attached hydrogens (tertiary/aromatic N) is 1. The van der Waals surface area contributed by atoms with E-state index >= 15 is 0 Å². The molecule has 1 aromatic carbocycles. The van der Waals surface area contributed by atoms with Crippen molar-refractivity contribution in [3.8, 4) is 5.75 Å². The van der Waals surface area contributed by atoms with E-state index in [9.17, 15) is 15.2 Å². The Bertz CT molecular complexity index is 474. The molecule has 112 valence electrons. The van der Waals surface area contributed by atoms with Crippen LogP contribution in [-0.2, 0) is 0 Å². The molecular weight excluding hydrogens is 264 g/mol. The van der Waals surface area contributed by atoms with Gasteiger partial charge in [0.2, 0.25) is 0 Å². The van der Waals surface area contributed by atoms with Crippen molar-refractivity contribution in [2.24, 2.45) is 0 Å². The minimum atomic E-state index is -1.36. The number of hydrogen-bond donors (Lipinski definition) is 3. The summed E-state index contributed by atoms with van der Waals surface area (Å²) in [4.78, 5) is 10.7. The van der Waals surface area contributed by atoms with Crippen molar-refractivity contribution < 1.29 is 19.9 Å². The summed E-state index contributed by atoms with van der Waals surface area (Å²) in [6.07, 6.45) is -0.190. The molecule has 0 aliphatic rings. The smallest absolute Gasteiger partial charge is 0.333 e. The van der Waals surface area contributed by atoms with Crippen LogP contribution < -0.4 is 10.1 Å². The first kappa shape index (κ1) is 16.2. The number of anilines is 1. The van der Waals surface area contributed by atoms with Gasteiger partial charge in [0.15, 0.2) is 5.75 Å². The Morgan fingerprint density at radius 2 is 2.15 bits per heavy atom. The normalized spacial score (nSPS) is 13.9. The van der Waals surface area contributed by atoms with E-state index in [0.29, 0.717) is 0 Å². The first-order chi connectivity index (χ1) is 9.26. The molecule has 0 amide bonds. The monoisotopic (exact) mass is 284 g/mol. The van der Waals surface area contributed by atoms with Gasteiger partial charge in [-0.2, -0.15) is 0 Å². The summed E-state index contributed by atoms with van der Waals surface area (Å²) in [6, 6.07) is 4.67. The van der Waals surface area contributed by atoms with E-state index < -0.39 is 17.1 Å². The third-order valence-electron chi connectivity index (χ3n) is 2.54. The minimum Gasteiger partial charge on any atom is -0.484 e. The Labute approximate surface area is 117 Å². The van der Waals surface area contributed by atoms with E-state index in [2.05, 4.69) is 5.32 Å². The number of aliphatic hydroxyl groups excluding tert-OH is 1. The molecule has 0 bridgehead atoms. The molecule has 0 saturated carbocycles. The fraction of sp³-hybridized carbons (Fsp3) is 0.538. The van der Waals surface area contributed by atoms with Crippen molar-refractivity contribution in [1.82, 2.24) is 0 Å². The number of rotatable bonds is 7. The molecule has 0 saturated heterocycles. The van der Waals surface area contributed by atoms with Crippen LogP contribution in [0.3, 0.4) is 0 Å². The summed E-state index contributed by atoms with van der Waals surface area (Å²) in [5, 5.41) is 32.7. The fourth-order valence-electron chi connectivity index (χ4n) is 1.54. The number of nitro benzene ring substituents is 1. The highest BCUT2D eigenvalue weighted by Crippen LogP contribution is 2.35. The van der Waals surface area contributed by atoms with Crippen LogP contribution >= 0.6 is 0 Å². The molecule has 0 aromatic heterocycles. The fourth-order valence-corrected chi connectivity index (χ4v) is 1.54. The van der Waals surface area contributed by atoms with E-state index in [-0.39, 0.29) is 29.8 Å². The maximum Gasteiger partial charge on any atom is 0.333 e. The van der Waals surface area contributed by atoms with Crippen molar-refractivity contribution in [3.63, 3.8) is 0 Å². The molecule has 20 heavy (non-hydrogen) atoms. The zero-order chi connectivity index (χ0) is 15.3. The Morgan fingerprint density at radius 1 is 1.50 bits per heavy atom. The van der Waals surface area contributed by atoms with Gasteiger partial charge < -0.3 is 20.3 Å². The molecular formula is C13H20N2O5. The summed E-state index contributed by atoms with van der Waals surface area (Å²) in [5.41, 5.74) is -1.31. The van der Waals surface area contributed by atoms with Crippen molar-refractivity contribution >= 4 is 11.4 Å². The Morgan fingerprint density at radius 3 is 2.65 bits per heavy atom. The van der Waals surface area contributed by atoms with Gasteiger partial charge in [0, 0.05) is 6.54 Å². The Hall–Kier alpha value is -1.86. The van der Waals surface area contributed by atoms with Gasteiger partial charge in [-0.1, -0.05) is 6.07 Å². The molecule has 1 unspecified atom stereocenters. The maximum atomic E-state index is 11.2. The van der Waals surface area contributed by atoms with Crippen molar-refractivity contribution in [1.29, 1.82) is 0 Å². The molecule has 0 radical (unpaired) electrons. The first-order valence-corrected chi connectivity index (χ1v) is 6.28. The average Bonchev–Trinajstić information content (AvgIpc) is 2.35. The van der Waals surface area contributed by atoms with Crippen LogP contribution in [0.4, 0.5) is 11.4 Å². The summed E-state index contributed by atoms with van der Waals surface area (Å²) in [5.74, 6) is 0.165. The van der Waals surface area contributed by atoms with Gasteiger partial charge >= 0.3 is 5.69 Å². The molecule has 0 fully saturated rings. The van der Waals surface area contributed by atoms with E-state index in [4.69, 9.17) is 9.84 Å². The summed E-state index contributed by atoms with van der Waals surface area (Å²) >= 11 is 0. The first-order valence-electron chi connectivity index (χ1n) is 6.28. The lowest BCUT2D eigenvalue weighted by Crippen LogP contribution is -2.37. The van der Waals surface area contributed by atoms with E-state index in [1.165, 1.54) is 19.1 Å². The molecule has 0 aliphatic heterocycles. The predicted octanol–water partition coefficient (Wildman–Crippen LogP) is 1.54. The van der Waals surface area contributed by atoms with E-state index in [1.807, 2.05) is 0 Å². The molecule has 3 N–H and O–H groups in total. The largest absolute Gasteiger partial charge is 0.484 e. The molecule has 0 heterocycles. The second kappa shape index (κ2) is 6.53.